The minimum atomic E-state index is -0.578. The number of aliphatic hydroxyl groups is 1. The first-order chi connectivity index (χ1) is 13.3. The fourth-order valence-electron chi connectivity index (χ4n) is 2.77. The summed E-state index contributed by atoms with van der Waals surface area (Å²) < 4.78 is 5.72. The molecule has 0 radical (unpaired) electrons. The van der Waals surface area contributed by atoms with Gasteiger partial charge in [-0.15, -0.1) is 5.06 Å². The Kier molecular flexibility index (Phi) is 6.48. The molecular formula is C19H26N4O4S. The molecule has 1 aliphatic heterocycles. The molecule has 0 spiro atoms. The molecule has 2 N–H and O–H groups in total. The second-order valence-corrected chi connectivity index (χ2v) is 8.86. The Morgan fingerprint density at radius 3 is 2.96 bits per heavy atom. The predicted octanol–water partition coefficient (Wildman–Crippen LogP) is 3.77. The van der Waals surface area contributed by atoms with Crippen molar-refractivity contribution in [3.63, 3.8) is 0 Å². The molecule has 0 bridgehead atoms. The van der Waals surface area contributed by atoms with E-state index in [-0.39, 0.29) is 17.9 Å². The minimum absolute atomic E-state index is 0.0907. The van der Waals surface area contributed by atoms with Crippen molar-refractivity contribution in [2.45, 2.75) is 39.0 Å². The third-order valence-electron chi connectivity index (χ3n) is 4.34. The molecule has 3 heterocycles. The van der Waals surface area contributed by atoms with Crippen LogP contribution in [-0.2, 0) is 10.3 Å². The lowest BCUT2D eigenvalue weighted by Gasteiger charge is -2.29. The van der Waals surface area contributed by atoms with Gasteiger partial charge in [-0.25, -0.2) is 14.8 Å². The molecule has 2 aromatic rings. The number of anilines is 1. The number of amides is 1. The van der Waals surface area contributed by atoms with Crippen molar-refractivity contribution in [1.82, 2.24) is 15.0 Å². The van der Waals surface area contributed by atoms with Crippen molar-refractivity contribution in [2.75, 3.05) is 25.0 Å². The van der Waals surface area contributed by atoms with E-state index >= 15 is 0 Å². The normalized spacial score (nSPS) is 18.5. The van der Waals surface area contributed by atoms with E-state index in [1.807, 2.05) is 6.08 Å². The van der Waals surface area contributed by atoms with Crippen molar-refractivity contribution >= 4 is 34.7 Å². The number of nitrogens with one attached hydrogen (secondary N) is 1. The Balaban J connectivity index is 1.52. The lowest BCUT2D eigenvalue weighted by molar-refractivity contribution is -0.122. The summed E-state index contributed by atoms with van der Waals surface area (Å²) in [7, 11) is 0. The van der Waals surface area contributed by atoms with Crippen molar-refractivity contribution in [1.29, 1.82) is 0 Å². The number of thiazole rings is 1. The van der Waals surface area contributed by atoms with E-state index < -0.39 is 6.09 Å². The lowest BCUT2D eigenvalue weighted by atomic mass is 9.94. The summed E-state index contributed by atoms with van der Waals surface area (Å²) in [4.78, 5) is 26.6. The number of hydrogen-bond donors (Lipinski definition) is 2. The van der Waals surface area contributed by atoms with Crippen LogP contribution in [0.4, 0.5) is 9.93 Å². The third-order valence-corrected chi connectivity index (χ3v) is 5.22. The zero-order valence-electron chi connectivity index (χ0n) is 16.3. The van der Waals surface area contributed by atoms with E-state index in [1.54, 1.807) is 23.5 Å². The molecule has 0 saturated carbocycles. The molecule has 0 aliphatic carbocycles. The maximum Gasteiger partial charge on any atom is 0.432 e. The molecule has 1 unspecified atom stereocenters. The average molecular weight is 407 g/mol. The number of aliphatic hydroxyl groups excluding tert-OH is 1. The van der Waals surface area contributed by atoms with Crippen LogP contribution < -0.4 is 5.32 Å². The number of oxazole rings is 1. The van der Waals surface area contributed by atoms with Gasteiger partial charge in [-0.2, -0.15) is 0 Å². The molecule has 3 rings (SSSR count). The molecule has 8 nitrogen and oxygen atoms in total. The Labute approximate surface area is 168 Å². The molecule has 9 heteroatoms. The van der Waals surface area contributed by atoms with Crippen LogP contribution in [0.15, 0.2) is 16.8 Å². The SMILES string of the molecule is CC(C)(C)c1cnc(/C=C/c2cnc(NC(=O)ON3CCCC(CO)C3)s2)o1. The van der Waals surface area contributed by atoms with Crippen LogP contribution in [0, 0.1) is 5.92 Å². The second-order valence-electron chi connectivity index (χ2n) is 7.80. The van der Waals surface area contributed by atoms with E-state index in [2.05, 4.69) is 36.1 Å². The molecule has 1 atom stereocenters. The fraction of sp³-hybridized carbons (Fsp3) is 0.526. The van der Waals surface area contributed by atoms with Crippen LogP contribution in [0.3, 0.4) is 0 Å². The Hall–Kier alpha value is -2.23. The lowest BCUT2D eigenvalue weighted by Crippen LogP contribution is -2.39. The molecule has 28 heavy (non-hydrogen) atoms. The number of piperidine rings is 1. The zero-order chi connectivity index (χ0) is 20.1. The van der Waals surface area contributed by atoms with Crippen LogP contribution in [-0.4, -0.2) is 45.9 Å². The van der Waals surface area contributed by atoms with Crippen LogP contribution in [0.2, 0.25) is 0 Å². The summed E-state index contributed by atoms with van der Waals surface area (Å²) in [5.41, 5.74) is -0.0907. The van der Waals surface area contributed by atoms with Crippen LogP contribution >= 0.6 is 11.3 Å². The van der Waals surface area contributed by atoms with Crippen molar-refractivity contribution in [3.8, 4) is 0 Å². The molecule has 1 saturated heterocycles. The number of aromatic nitrogens is 2. The topological polar surface area (TPSA) is 101 Å². The van der Waals surface area contributed by atoms with Gasteiger partial charge in [0.25, 0.3) is 0 Å². The molecule has 0 aromatic carbocycles. The van der Waals surface area contributed by atoms with Gasteiger partial charge in [-0.1, -0.05) is 32.1 Å². The first-order valence-corrected chi connectivity index (χ1v) is 10.1. The number of rotatable bonds is 5. The van der Waals surface area contributed by atoms with Gasteiger partial charge in [0.1, 0.15) is 5.76 Å². The summed E-state index contributed by atoms with van der Waals surface area (Å²) in [5, 5.41) is 13.9. The van der Waals surface area contributed by atoms with Crippen molar-refractivity contribution in [2.24, 2.45) is 5.92 Å². The van der Waals surface area contributed by atoms with E-state index in [0.29, 0.717) is 24.1 Å². The Bertz CT molecular complexity index is 824. The van der Waals surface area contributed by atoms with Gasteiger partial charge in [0.2, 0.25) is 5.89 Å². The first kappa shape index (κ1) is 20.5. The first-order valence-electron chi connectivity index (χ1n) is 9.28. The number of carbonyl (C=O) groups is 1. The number of hydrogen-bond acceptors (Lipinski definition) is 8. The maximum atomic E-state index is 12.0. The summed E-state index contributed by atoms with van der Waals surface area (Å²) >= 11 is 1.32. The van der Waals surface area contributed by atoms with Crippen LogP contribution in [0.25, 0.3) is 12.2 Å². The van der Waals surface area contributed by atoms with Gasteiger partial charge in [0.15, 0.2) is 5.13 Å². The summed E-state index contributed by atoms with van der Waals surface area (Å²) in [6, 6.07) is 0. The molecule has 1 aliphatic rings. The van der Waals surface area contributed by atoms with Crippen molar-refractivity contribution < 1.29 is 19.2 Å². The second kappa shape index (κ2) is 8.85. The zero-order valence-corrected chi connectivity index (χ0v) is 17.2. The monoisotopic (exact) mass is 406 g/mol. The summed E-state index contributed by atoms with van der Waals surface area (Å²) in [6.45, 7) is 7.51. The smallest absolute Gasteiger partial charge is 0.432 e. The number of hydroxylamine groups is 2. The highest BCUT2D eigenvalue weighted by molar-refractivity contribution is 7.16. The van der Waals surface area contributed by atoms with Crippen LogP contribution in [0.5, 0.6) is 0 Å². The molecule has 1 amide bonds. The fourth-order valence-corrected chi connectivity index (χ4v) is 3.48. The third kappa shape index (κ3) is 5.63. The highest BCUT2D eigenvalue weighted by Crippen LogP contribution is 2.25. The van der Waals surface area contributed by atoms with Gasteiger partial charge in [-0.05, 0) is 24.8 Å². The molecular weight excluding hydrogens is 380 g/mol. The van der Waals surface area contributed by atoms with Gasteiger partial charge >= 0.3 is 6.09 Å². The number of nitrogens with zero attached hydrogens (tertiary/aromatic N) is 3. The van der Waals surface area contributed by atoms with E-state index in [0.717, 1.165) is 23.5 Å². The molecule has 2 aromatic heterocycles. The van der Waals surface area contributed by atoms with Gasteiger partial charge in [0, 0.05) is 42.3 Å². The van der Waals surface area contributed by atoms with Gasteiger partial charge in [0.05, 0.1) is 6.20 Å². The highest BCUT2D eigenvalue weighted by Gasteiger charge is 2.22. The largest absolute Gasteiger partial charge is 0.441 e. The van der Waals surface area contributed by atoms with E-state index in [1.165, 1.54) is 11.3 Å². The standard InChI is InChI=1S/C19H26N4O4S/c1-19(2,3)15-10-20-16(26-15)7-6-14-9-21-17(28-14)22-18(25)27-23-8-4-5-13(11-23)12-24/h6-7,9-10,13,24H,4-5,8,11-12H2,1-3H3,(H,21,22,25)/b7-6+. The number of carbonyl (C=O) groups excluding carboxylic acids is 1. The maximum absolute atomic E-state index is 12.0. The molecule has 152 valence electrons. The van der Waals surface area contributed by atoms with E-state index in [4.69, 9.17) is 9.25 Å². The highest BCUT2D eigenvalue weighted by atomic mass is 32.1. The Morgan fingerprint density at radius 1 is 1.43 bits per heavy atom. The predicted molar refractivity (Wildman–Crippen MR) is 108 cm³/mol. The molecule has 1 fully saturated rings. The summed E-state index contributed by atoms with van der Waals surface area (Å²) in [6.07, 6.45) is 8.26. The average Bonchev–Trinajstić information content (AvgIpc) is 3.29. The summed E-state index contributed by atoms with van der Waals surface area (Å²) in [5.74, 6) is 1.49. The van der Waals surface area contributed by atoms with Crippen molar-refractivity contribution in [3.05, 3.63) is 28.9 Å². The van der Waals surface area contributed by atoms with Crippen LogP contribution in [0.1, 0.15) is 50.1 Å². The van der Waals surface area contributed by atoms with Gasteiger partial charge in [-0.3, -0.25) is 5.32 Å². The van der Waals surface area contributed by atoms with Gasteiger partial charge < -0.3 is 14.4 Å². The quantitative estimate of drug-likeness (QED) is 0.779. The Morgan fingerprint density at radius 2 is 2.25 bits per heavy atom. The minimum Gasteiger partial charge on any atom is -0.441 e. The van der Waals surface area contributed by atoms with E-state index in [9.17, 15) is 9.90 Å².